The number of likely N-dealkylation sites (tertiary alicyclic amines) is 2. The van der Waals surface area contributed by atoms with Crippen molar-refractivity contribution < 1.29 is 48.0 Å². The number of hydroxylamine groups is 4. The van der Waals surface area contributed by atoms with Crippen LogP contribution < -0.4 is 0 Å². The molecule has 40 heavy (non-hydrogen) atoms. The number of carbonyl (C=O) groups is 8. The SMILES string of the molecule is O=C(ON1C(=O)CCC1=O)[C@@H]1CCCN1C(=O)C1CCC(C(=O)N2CCC[C@H]2C(=O)ON2C(=O)CCC2=O)CC1. The number of carbonyl (C=O) groups excluding carboxylic acids is 8. The summed E-state index contributed by atoms with van der Waals surface area (Å²) in [5.41, 5.74) is 0. The van der Waals surface area contributed by atoms with Gasteiger partial charge < -0.3 is 19.5 Å². The highest BCUT2D eigenvalue weighted by Gasteiger charge is 2.45. The van der Waals surface area contributed by atoms with Gasteiger partial charge in [0.15, 0.2) is 0 Å². The molecule has 0 bridgehead atoms. The van der Waals surface area contributed by atoms with Gasteiger partial charge in [-0.2, -0.15) is 0 Å². The first-order valence-electron chi connectivity index (χ1n) is 13.9. The molecular weight excluding hydrogens is 528 g/mol. The molecule has 5 aliphatic rings. The minimum atomic E-state index is -0.876. The number of hydrogen-bond donors (Lipinski definition) is 0. The predicted molar refractivity (Wildman–Crippen MR) is 129 cm³/mol. The smallest absolute Gasteiger partial charge is 0.329 e. The molecule has 4 saturated heterocycles. The normalized spacial score (nSPS) is 29.0. The quantitative estimate of drug-likeness (QED) is 0.403. The van der Waals surface area contributed by atoms with Gasteiger partial charge in [-0.05, 0) is 51.4 Å². The Balaban J connectivity index is 1.13. The van der Waals surface area contributed by atoms with Gasteiger partial charge in [-0.25, -0.2) is 9.59 Å². The molecule has 216 valence electrons. The fourth-order valence-corrected chi connectivity index (χ4v) is 6.22. The van der Waals surface area contributed by atoms with Crippen LogP contribution in [0.25, 0.3) is 0 Å². The average molecular weight is 561 g/mol. The number of imide groups is 2. The molecule has 14 heteroatoms. The monoisotopic (exact) mass is 560 g/mol. The van der Waals surface area contributed by atoms with Gasteiger partial charge in [-0.1, -0.05) is 0 Å². The van der Waals surface area contributed by atoms with E-state index < -0.39 is 47.7 Å². The van der Waals surface area contributed by atoms with Crippen LogP contribution in [0.15, 0.2) is 0 Å². The van der Waals surface area contributed by atoms with Gasteiger partial charge in [0.25, 0.3) is 23.6 Å². The molecule has 1 aliphatic carbocycles. The van der Waals surface area contributed by atoms with Gasteiger partial charge in [-0.15, -0.1) is 10.1 Å². The molecule has 4 aliphatic heterocycles. The number of rotatable bonds is 6. The van der Waals surface area contributed by atoms with E-state index in [9.17, 15) is 38.4 Å². The summed E-state index contributed by atoms with van der Waals surface area (Å²) in [5, 5.41) is 0.977. The molecule has 6 amide bonds. The maximum absolute atomic E-state index is 13.3. The van der Waals surface area contributed by atoms with Crippen LogP contribution in [0.2, 0.25) is 0 Å². The van der Waals surface area contributed by atoms with E-state index in [1.807, 2.05) is 0 Å². The Labute approximate surface area is 229 Å². The van der Waals surface area contributed by atoms with E-state index in [2.05, 4.69) is 0 Å². The van der Waals surface area contributed by atoms with Crippen LogP contribution >= 0.6 is 0 Å². The summed E-state index contributed by atoms with van der Waals surface area (Å²) in [6.07, 6.45) is 3.56. The van der Waals surface area contributed by atoms with Gasteiger partial charge in [0.2, 0.25) is 11.8 Å². The Morgan fingerprint density at radius 2 is 0.850 bits per heavy atom. The Kier molecular flexibility index (Phi) is 7.86. The molecule has 0 spiro atoms. The van der Waals surface area contributed by atoms with E-state index in [0.29, 0.717) is 74.6 Å². The predicted octanol–water partition coefficient (Wildman–Crippen LogP) is -0.0108. The summed E-state index contributed by atoms with van der Waals surface area (Å²) in [6.45, 7) is 0.720. The second-order valence-corrected chi connectivity index (χ2v) is 10.9. The van der Waals surface area contributed by atoms with E-state index in [0.717, 1.165) is 0 Å². The lowest BCUT2D eigenvalue weighted by atomic mass is 9.80. The maximum Gasteiger partial charge on any atom is 0.355 e. The fourth-order valence-electron chi connectivity index (χ4n) is 6.22. The van der Waals surface area contributed by atoms with Gasteiger partial charge >= 0.3 is 11.9 Å². The van der Waals surface area contributed by atoms with E-state index in [4.69, 9.17) is 9.68 Å². The van der Waals surface area contributed by atoms with Crippen molar-refractivity contribution in [3.63, 3.8) is 0 Å². The van der Waals surface area contributed by atoms with Crippen LogP contribution in [0.4, 0.5) is 0 Å². The van der Waals surface area contributed by atoms with Crippen molar-refractivity contribution in [3.05, 3.63) is 0 Å². The summed E-state index contributed by atoms with van der Waals surface area (Å²) in [4.78, 5) is 112. The van der Waals surface area contributed by atoms with E-state index >= 15 is 0 Å². The van der Waals surface area contributed by atoms with Gasteiger partial charge in [0.1, 0.15) is 12.1 Å². The lowest BCUT2D eigenvalue weighted by Gasteiger charge is -2.34. The standard InChI is InChI=1S/C26H32N4O10/c31-19-9-10-20(32)29(19)39-25(37)17-3-1-13-27(17)23(35)15-5-7-16(8-6-15)24(36)28-14-2-4-18(28)26(38)40-30-21(33)11-12-22(30)34/h15-18H,1-14H2/t15?,16?,17-,18-/m0/s1. The highest BCUT2D eigenvalue weighted by atomic mass is 16.7. The van der Waals surface area contributed by atoms with Crippen molar-refractivity contribution in [2.45, 2.75) is 89.1 Å². The Morgan fingerprint density at radius 3 is 1.18 bits per heavy atom. The summed E-state index contributed by atoms with van der Waals surface area (Å²) in [6, 6.07) is -1.75. The zero-order chi connectivity index (χ0) is 28.6. The maximum atomic E-state index is 13.3. The van der Waals surface area contributed by atoms with Crippen LogP contribution in [0.5, 0.6) is 0 Å². The minimum Gasteiger partial charge on any atom is -0.329 e. The molecular formula is C26H32N4O10. The van der Waals surface area contributed by atoms with Gasteiger partial charge in [-0.3, -0.25) is 28.8 Å². The molecule has 0 unspecified atom stereocenters. The van der Waals surface area contributed by atoms with Crippen LogP contribution in [-0.2, 0) is 48.0 Å². The van der Waals surface area contributed by atoms with Crippen molar-refractivity contribution in [1.82, 2.24) is 19.9 Å². The summed E-state index contributed by atoms with van der Waals surface area (Å²) >= 11 is 0. The topological polar surface area (TPSA) is 168 Å². The first kappa shape index (κ1) is 27.7. The average Bonchev–Trinajstić information content (AvgIpc) is 3.75. The second kappa shape index (κ2) is 11.3. The van der Waals surface area contributed by atoms with E-state index in [1.54, 1.807) is 0 Å². The van der Waals surface area contributed by atoms with Crippen molar-refractivity contribution in [2.75, 3.05) is 13.1 Å². The van der Waals surface area contributed by atoms with Gasteiger partial charge in [0.05, 0.1) is 0 Å². The fraction of sp³-hybridized carbons (Fsp3) is 0.692. The molecule has 14 nitrogen and oxygen atoms in total. The van der Waals surface area contributed by atoms with Crippen molar-refractivity contribution in [1.29, 1.82) is 0 Å². The summed E-state index contributed by atoms with van der Waals surface area (Å²) < 4.78 is 0. The first-order valence-corrected chi connectivity index (χ1v) is 13.9. The first-order chi connectivity index (χ1) is 19.2. The van der Waals surface area contributed by atoms with E-state index in [1.165, 1.54) is 9.80 Å². The third kappa shape index (κ3) is 5.30. The van der Waals surface area contributed by atoms with E-state index in [-0.39, 0.29) is 49.3 Å². The molecule has 0 aromatic heterocycles. The molecule has 0 N–H and O–H groups in total. The summed E-state index contributed by atoms with van der Waals surface area (Å²) in [7, 11) is 0. The van der Waals surface area contributed by atoms with Crippen LogP contribution in [-0.4, -0.2) is 92.5 Å². The highest BCUT2D eigenvalue weighted by molar-refractivity contribution is 6.02. The number of amides is 6. The van der Waals surface area contributed by atoms with Crippen molar-refractivity contribution >= 4 is 47.4 Å². The molecule has 4 heterocycles. The number of hydrogen-bond acceptors (Lipinski definition) is 10. The minimum absolute atomic E-state index is 0.0153. The zero-order valence-corrected chi connectivity index (χ0v) is 22.1. The van der Waals surface area contributed by atoms with Crippen LogP contribution in [0.1, 0.15) is 77.0 Å². The largest absolute Gasteiger partial charge is 0.355 e. The Morgan fingerprint density at radius 1 is 0.525 bits per heavy atom. The molecule has 5 fully saturated rings. The third-order valence-corrected chi connectivity index (χ3v) is 8.42. The van der Waals surface area contributed by atoms with Crippen molar-refractivity contribution in [2.24, 2.45) is 11.8 Å². The van der Waals surface area contributed by atoms with Crippen molar-refractivity contribution in [3.8, 4) is 0 Å². The van der Waals surface area contributed by atoms with Gasteiger partial charge in [0, 0.05) is 50.6 Å². The summed E-state index contributed by atoms with van der Waals surface area (Å²) in [5.74, 6) is -5.14. The molecule has 1 saturated carbocycles. The third-order valence-electron chi connectivity index (χ3n) is 8.42. The Bertz CT molecular complexity index is 1030. The highest BCUT2D eigenvalue weighted by Crippen LogP contribution is 2.35. The molecule has 0 radical (unpaired) electrons. The Hall–Kier alpha value is -3.84. The number of nitrogens with zero attached hydrogens (tertiary/aromatic N) is 4. The molecule has 2 atom stereocenters. The lowest BCUT2D eigenvalue weighted by molar-refractivity contribution is -0.201. The lowest BCUT2D eigenvalue weighted by Crippen LogP contribution is -2.48. The second-order valence-electron chi connectivity index (χ2n) is 10.9. The molecule has 0 aromatic carbocycles. The van der Waals surface area contributed by atoms with Crippen LogP contribution in [0, 0.1) is 11.8 Å². The molecule has 5 rings (SSSR count). The zero-order valence-electron chi connectivity index (χ0n) is 22.1. The van der Waals surface area contributed by atoms with Crippen LogP contribution in [0.3, 0.4) is 0 Å². The molecule has 0 aromatic rings.